The predicted molar refractivity (Wildman–Crippen MR) is 98.5 cm³/mol. The summed E-state index contributed by atoms with van der Waals surface area (Å²) in [6.45, 7) is 0. The smallest absolute Gasteiger partial charge is 0.337 e. The van der Waals surface area contributed by atoms with Crippen LogP contribution in [0.25, 0.3) is 11.0 Å². The Morgan fingerprint density at radius 3 is 2.61 bits per heavy atom. The maximum Gasteiger partial charge on any atom is 0.337 e. The highest BCUT2D eigenvalue weighted by Gasteiger charge is 2.20. The third kappa shape index (κ3) is 3.92. The molecule has 10 nitrogen and oxygen atoms in total. The minimum atomic E-state index is -3.53. The van der Waals surface area contributed by atoms with Crippen LogP contribution in [0, 0.1) is 11.3 Å². The van der Waals surface area contributed by atoms with Crippen LogP contribution in [0.1, 0.15) is 26.4 Å². The number of hydrogen-bond donors (Lipinski definition) is 3. The fourth-order valence-electron chi connectivity index (χ4n) is 2.46. The highest BCUT2D eigenvalue weighted by atomic mass is 32.2. The van der Waals surface area contributed by atoms with Crippen LogP contribution in [0.2, 0.25) is 0 Å². The molecular formula is C17H12N4O6S. The summed E-state index contributed by atoms with van der Waals surface area (Å²) < 4.78 is 30.1. The Morgan fingerprint density at radius 1 is 1.21 bits per heavy atom. The van der Waals surface area contributed by atoms with Gasteiger partial charge in [-0.3, -0.25) is 9.52 Å². The summed E-state index contributed by atoms with van der Waals surface area (Å²) >= 11 is 0. The van der Waals surface area contributed by atoms with Crippen LogP contribution in [0.5, 0.6) is 0 Å². The summed E-state index contributed by atoms with van der Waals surface area (Å²) in [5, 5.41) is 24.5. The van der Waals surface area contributed by atoms with E-state index in [-0.39, 0.29) is 39.2 Å². The Balaban J connectivity index is 1.97. The lowest BCUT2D eigenvalue weighted by atomic mass is 10.1. The average molecular weight is 400 g/mol. The molecule has 0 aliphatic heterocycles. The van der Waals surface area contributed by atoms with Gasteiger partial charge in [0.1, 0.15) is 0 Å². The van der Waals surface area contributed by atoms with Crippen LogP contribution < -0.4 is 10.0 Å². The van der Waals surface area contributed by atoms with Crippen molar-refractivity contribution in [3.8, 4) is 6.07 Å². The van der Waals surface area contributed by atoms with Crippen molar-refractivity contribution >= 4 is 44.2 Å². The van der Waals surface area contributed by atoms with E-state index in [1.807, 2.05) is 6.07 Å². The molecular weight excluding hydrogens is 388 g/mol. The van der Waals surface area contributed by atoms with Gasteiger partial charge >= 0.3 is 5.97 Å². The largest absolute Gasteiger partial charge is 0.478 e. The first-order valence-corrected chi connectivity index (χ1v) is 9.53. The quantitative estimate of drug-likeness (QED) is 0.586. The monoisotopic (exact) mass is 400 g/mol. The van der Waals surface area contributed by atoms with Gasteiger partial charge in [-0.05, 0) is 36.4 Å². The molecule has 142 valence electrons. The van der Waals surface area contributed by atoms with Crippen molar-refractivity contribution in [2.24, 2.45) is 0 Å². The second kappa shape index (κ2) is 7.01. The van der Waals surface area contributed by atoms with E-state index >= 15 is 0 Å². The second-order valence-electron chi connectivity index (χ2n) is 5.75. The van der Waals surface area contributed by atoms with Crippen molar-refractivity contribution in [2.75, 3.05) is 16.3 Å². The molecule has 11 heteroatoms. The molecule has 0 saturated heterocycles. The molecule has 0 atom stereocenters. The van der Waals surface area contributed by atoms with Crippen LogP contribution in [0.15, 0.2) is 40.9 Å². The number of nitrogens with one attached hydrogen (secondary N) is 2. The Morgan fingerprint density at radius 2 is 1.96 bits per heavy atom. The fourth-order valence-corrected chi connectivity index (χ4v) is 3.02. The first kappa shape index (κ1) is 18.9. The number of carbonyl (C=O) groups is 2. The van der Waals surface area contributed by atoms with Gasteiger partial charge in [-0.2, -0.15) is 5.26 Å². The number of benzene rings is 2. The van der Waals surface area contributed by atoms with Crippen molar-refractivity contribution in [1.29, 1.82) is 5.26 Å². The number of aromatic nitrogens is 1. The minimum Gasteiger partial charge on any atom is -0.478 e. The fraction of sp³-hybridized carbons (Fsp3) is 0.0588. The molecule has 3 aromatic rings. The molecule has 0 unspecified atom stereocenters. The van der Waals surface area contributed by atoms with Gasteiger partial charge in [-0.25, -0.2) is 13.2 Å². The molecule has 0 spiro atoms. The van der Waals surface area contributed by atoms with Crippen LogP contribution in [-0.2, 0) is 10.0 Å². The molecule has 0 aliphatic carbocycles. The van der Waals surface area contributed by atoms with E-state index in [4.69, 9.17) is 9.78 Å². The summed E-state index contributed by atoms with van der Waals surface area (Å²) in [7, 11) is -3.53. The van der Waals surface area contributed by atoms with Gasteiger partial charge in [0.25, 0.3) is 5.91 Å². The van der Waals surface area contributed by atoms with E-state index in [0.29, 0.717) is 0 Å². The van der Waals surface area contributed by atoms with Gasteiger partial charge in [0.15, 0.2) is 11.3 Å². The lowest BCUT2D eigenvalue weighted by Gasteiger charge is -2.08. The van der Waals surface area contributed by atoms with Gasteiger partial charge in [-0.15, -0.1) is 0 Å². The number of amides is 1. The number of nitrogens with zero attached hydrogens (tertiary/aromatic N) is 2. The molecule has 0 bridgehead atoms. The van der Waals surface area contributed by atoms with Crippen molar-refractivity contribution in [1.82, 2.24) is 5.16 Å². The SMILES string of the molecule is CS(=O)(=O)Nc1ccc2onc(C(=O)Nc3ccc(C#N)cc3C(=O)O)c2c1. The highest BCUT2D eigenvalue weighted by molar-refractivity contribution is 7.92. The Hall–Kier alpha value is -3.91. The summed E-state index contributed by atoms with van der Waals surface area (Å²) in [5.41, 5.74) is 0.114. The molecule has 1 aromatic heterocycles. The van der Waals surface area contributed by atoms with Crippen LogP contribution >= 0.6 is 0 Å². The lowest BCUT2D eigenvalue weighted by Crippen LogP contribution is -2.15. The lowest BCUT2D eigenvalue weighted by molar-refractivity contribution is 0.0698. The number of anilines is 2. The topological polar surface area (TPSA) is 162 Å². The number of hydrogen-bond acceptors (Lipinski definition) is 7. The van der Waals surface area contributed by atoms with Gasteiger partial charge in [0.05, 0.1) is 34.5 Å². The Kier molecular flexibility index (Phi) is 4.72. The number of rotatable bonds is 5. The molecule has 28 heavy (non-hydrogen) atoms. The maximum absolute atomic E-state index is 12.6. The number of carboxylic acid groups (broad SMARTS) is 1. The third-order valence-corrected chi connectivity index (χ3v) is 4.22. The summed E-state index contributed by atoms with van der Waals surface area (Å²) in [5.74, 6) is -2.08. The van der Waals surface area contributed by atoms with Gasteiger partial charge in [0, 0.05) is 5.69 Å². The average Bonchev–Trinajstić information content (AvgIpc) is 3.03. The summed E-state index contributed by atoms with van der Waals surface area (Å²) in [4.78, 5) is 24.0. The maximum atomic E-state index is 12.6. The Bertz CT molecular complexity index is 1260. The molecule has 1 heterocycles. The zero-order valence-electron chi connectivity index (χ0n) is 14.3. The number of nitriles is 1. The predicted octanol–water partition coefficient (Wildman–Crippen LogP) is 2.02. The molecule has 2 aromatic carbocycles. The van der Waals surface area contributed by atoms with Gasteiger partial charge in [-0.1, -0.05) is 5.16 Å². The van der Waals surface area contributed by atoms with E-state index in [1.165, 1.54) is 30.3 Å². The van der Waals surface area contributed by atoms with Gasteiger partial charge < -0.3 is 14.9 Å². The van der Waals surface area contributed by atoms with Crippen molar-refractivity contribution in [3.05, 3.63) is 53.2 Å². The Labute approximate surface area is 158 Å². The summed E-state index contributed by atoms with van der Waals surface area (Å²) in [6.07, 6.45) is 0.983. The molecule has 1 amide bonds. The first-order valence-electron chi connectivity index (χ1n) is 7.64. The third-order valence-electron chi connectivity index (χ3n) is 3.62. The molecule has 3 N–H and O–H groups in total. The molecule has 0 fully saturated rings. The van der Waals surface area contributed by atoms with Crippen LogP contribution in [0.3, 0.4) is 0 Å². The van der Waals surface area contributed by atoms with Gasteiger partial charge in [0.2, 0.25) is 10.0 Å². The van der Waals surface area contributed by atoms with Crippen LogP contribution in [0.4, 0.5) is 11.4 Å². The number of carbonyl (C=O) groups excluding carboxylic acids is 1. The van der Waals surface area contributed by atoms with E-state index in [2.05, 4.69) is 15.2 Å². The molecule has 0 radical (unpaired) electrons. The number of carboxylic acids is 1. The zero-order valence-corrected chi connectivity index (χ0v) is 15.1. The number of sulfonamides is 1. The molecule has 0 saturated carbocycles. The molecule has 0 aliphatic rings. The second-order valence-corrected chi connectivity index (χ2v) is 7.50. The van der Waals surface area contributed by atoms with E-state index < -0.39 is 21.9 Å². The molecule has 3 rings (SSSR count). The zero-order chi connectivity index (χ0) is 20.5. The summed E-state index contributed by atoms with van der Waals surface area (Å²) in [6, 6.07) is 9.86. The van der Waals surface area contributed by atoms with Crippen molar-refractivity contribution in [3.63, 3.8) is 0 Å². The number of fused-ring (bicyclic) bond motifs is 1. The number of aromatic carboxylic acids is 1. The minimum absolute atomic E-state index is 0.0296. The standard InChI is InChI=1S/C17H12N4O6S/c1-28(25,26)21-10-3-5-14-12(7-10)15(20-27-14)16(22)19-13-4-2-9(8-18)6-11(13)17(23)24/h2-7,21H,1H3,(H,19,22)(H,23,24). The first-order chi connectivity index (χ1) is 13.2. The van der Waals surface area contributed by atoms with Crippen LogP contribution in [-0.4, -0.2) is 36.8 Å². The normalized spacial score (nSPS) is 11.0. The van der Waals surface area contributed by atoms with Crippen molar-refractivity contribution < 1.29 is 27.6 Å². The van der Waals surface area contributed by atoms with E-state index in [9.17, 15) is 23.1 Å². The van der Waals surface area contributed by atoms with E-state index in [0.717, 1.165) is 12.3 Å². The highest BCUT2D eigenvalue weighted by Crippen LogP contribution is 2.25. The van der Waals surface area contributed by atoms with Crippen molar-refractivity contribution in [2.45, 2.75) is 0 Å². The van der Waals surface area contributed by atoms with E-state index in [1.54, 1.807) is 0 Å².